The molecule has 0 N–H and O–H groups in total. The highest BCUT2D eigenvalue weighted by Crippen LogP contribution is 2.48. The first kappa shape index (κ1) is 8.03. The highest BCUT2D eigenvalue weighted by atomic mass is 35.7. The van der Waals surface area contributed by atoms with E-state index in [2.05, 4.69) is 0 Å². The fourth-order valence-corrected chi connectivity index (χ4v) is 2.50. The topological polar surface area (TPSA) is 26.3 Å². The maximum absolute atomic E-state index is 11.3. The normalized spacial score (nSPS) is 21.4. The van der Waals surface area contributed by atoms with Crippen molar-refractivity contribution in [2.24, 2.45) is 0 Å². The number of carbonyl (C=O) groups excluding carboxylic acids is 1. The van der Waals surface area contributed by atoms with E-state index in [9.17, 15) is 4.79 Å². The number of carbonyl (C=O) groups is 1. The van der Waals surface area contributed by atoms with Gasteiger partial charge in [-0.3, -0.25) is 4.79 Å². The number of ketones is 1. The summed E-state index contributed by atoms with van der Waals surface area (Å²) in [6.45, 7) is 0. The molecule has 0 amide bonds. The Kier molecular flexibility index (Phi) is 2.03. The average molecular weight is 201 g/mol. The minimum Gasteiger partial charge on any atom is -0.457 e. The lowest BCUT2D eigenvalue weighted by Crippen LogP contribution is -2.11. The van der Waals surface area contributed by atoms with Crippen LogP contribution in [-0.4, -0.2) is 11.9 Å². The van der Waals surface area contributed by atoms with Gasteiger partial charge in [-0.15, -0.1) is 0 Å². The molecule has 0 saturated heterocycles. The van der Waals surface area contributed by atoms with Crippen LogP contribution in [-0.2, 0) is 0 Å². The van der Waals surface area contributed by atoms with Crippen LogP contribution in [0.2, 0.25) is 0 Å². The van der Waals surface area contributed by atoms with E-state index in [0.717, 1.165) is 0 Å². The summed E-state index contributed by atoms with van der Waals surface area (Å²) in [5.74, 6) is 0.702. The largest absolute Gasteiger partial charge is 0.457 e. The molecule has 1 unspecified atom stereocenters. The summed E-state index contributed by atoms with van der Waals surface area (Å²) in [5.41, 5.74) is 0.650. The number of para-hydroxylation sites is 1. The lowest BCUT2D eigenvalue weighted by Gasteiger charge is -2.18. The number of hydrogen-bond donors (Lipinski definition) is 0. The first-order valence-electron chi connectivity index (χ1n) is 3.51. The smallest absolute Gasteiger partial charge is 0.190 e. The van der Waals surface area contributed by atoms with E-state index < -0.39 is 7.50 Å². The molecule has 0 fully saturated rings. The summed E-state index contributed by atoms with van der Waals surface area (Å²) in [6.07, 6.45) is 0.327. The van der Waals surface area contributed by atoms with Crippen molar-refractivity contribution in [3.05, 3.63) is 29.8 Å². The Hall–Kier alpha value is -0.590. The quantitative estimate of drug-likeness (QED) is 0.602. The molecule has 0 bridgehead atoms. The molecule has 2 nitrogen and oxygen atoms in total. The average Bonchev–Trinajstić information content (AvgIpc) is 2.04. The van der Waals surface area contributed by atoms with Gasteiger partial charge in [-0.1, -0.05) is 12.1 Å². The Morgan fingerprint density at radius 1 is 1.42 bits per heavy atom. The second-order valence-electron chi connectivity index (χ2n) is 2.49. The van der Waals surface area contributed by atoms with Gasteiger partial charge in [0.25, 0.3) is 0 Å². The van der Waals surface area contributed by atoms with Crippen LogP contribution in [0.5, 0.6) is 5.75 Å². The lowest BCUT2D eigenvalue weighted by molar-refractivity contribution is 0.101. The summed E-state index contributed by atoms with van der Waals surface area (Å²) in [6, 6.07) is 7.18. The zero-order chi connectivity index (χ0) is 8.55. The third-order valence-electron chi connectivity index (χ3n) is 1.65. The third-order valence-corrected chi connectivity index (χ3v) is 3.15. The predicted molar refractivity (Wildman–Crippen MR) is 49.0 cm³/mol. The fourth-order valence-electron chi connectivity index (χ4n) is 1.11. The van der Waals surface area contributed by atoms with E-state index in [1.165, 1.54) is 0 Å². The first-order chi connectivity index (χ1) is 5.77. The van der Waals surface area contributed by atoms with Crippen LogP contribution in [0, 0.1) is 0 Å². The Labute approximate surface area is 76.1 Å². The van der Waals surface area contributed by atoms with Gasteiger partial charge in [-0.2, -0.15) is 0 Å². The van der Waals surface area contributed by atoms with Gasteiger partial charge < -0.3 is 4.52 Å². The van der Waals surface area contributed by atoms with Crippen molar-refractivity contribution in [1.29, 1.82) is 0 Å². The van der Waals surface area contributed by atoms with E-state index >= 15 is 0 Å². The first-order valence-corrected chi connectivity index (χ1v) is 5.86. The molecule has 1 atom stereocenters. The second-order valence-corrected chi connectivity index (χ2v) is 4.75. The van der Waals surface area contributed by atoms with Crippen molar-refractivity contribution in [1.82, 2.24) is 0 Å². The van der Waals surface area contributed by atoms with E-state index in [0.29, 0.717) is 17.5 Å². The zero-order valence-corrected chi connectivity index (χ0v) is 7.81. The molecule has 1 aliphatic rings. The molecule has 1 aromatic rings. The zero-order valence-electron chi connectivity index (χ0n) is 6.16. The molecule has 1 aliphatic heterocycles. The van der Waals surface area contributed by atoms with Crippen molar-refractivity contribution in [3.63, 3.8) is 0 Å². The van der Waals surface area contributed by atoms with E-state index in [4.69, 9.17) is 15.8 Å². The molecule has 12 heavy (non-hydrogen) atoms. The highest BCUT2D eigenvalue weighted by molar-refractivity contribution is 7.81. The summed E-state index contributed by atoms with van der Waals surface area (Å²) in [4.78, 5) is 11.3. The Morgan fingerprint density at radius 2 is 2.17 bits per heavy atom. The second kappa shape index (κ2) is 3.04. The molecule has 62 valence electrons. The Balaban J connectivity index is 2.47. The third kappa shape index (κ3) is 1.33. The van der Waals surface area contributed by atoms with Crippen molar-refractivity contribution in [3.8, 4) is 5.75 Å². The molecule has 0 radical (unpaired) electrons. The van der Waals surface area contributed by atoms with Crippen molar-refractivity contribution < 1.29 is 9.32 Å². The molecule has 2 rings (SSSR count). The number of fused-ring (bicyclic) bond motifs is 1. The molecule has 0 aromatic heterocycles. The monoisotopic (exact) mass is 200 g/mol. The van der Waals surface area contributed by atoms with Crippen LogP contribution in [0.1, 0.15) is 10.4 Å². The van der Waals surface area contributed by atoms with Crippen LogP contribution in [0.15, 0.2) is 24.3 Å². The van der Waals surface area contributed by atoms with E-state index in [1.54, 1.807) is 12.1 Å². The van der Waals surface area contributed by atoms with Gasteiger partial charge in [0.2, 0.25) is 0 Å². The number of Topliss-reactive ketones (excluding diaryl/α,β-unsaturated/α-hetero) is 1. The molecule has 0 aliphatic carbocycles. The Bertz CT molecular complexity index is 327. The van der Waals surface area contributed by atoms with Gasteiger partial charge in [0, 0.05) is 0 Å². The number of halogens is 1. The standard InChI is InChI=1S/C8H6ClO2P/c9-12-5-7(10)6-3-1-2-4-8(6)11-12/h1-4H,5H2. The van der Waals surface area contributed by atoms with Gasteiger partial charge in [0.15, 0.2) is 13.3 Å². The van der Waals surface area contributed by atoms with E-state index in [1.807, 2.05) is 12.1 Å². The molecule has 4 heteroatoms. The molecular formula is C8H6ClO2P. The van der Waals surface area contributed by atoms with Crippen molar-refractivity contribution in [2.75, 3.05) is 6.16 Å². The maximum atomic E-state index is 11.3. The van der Waals surface area contributed by atoms with Gasteiger partial charge in [0.1, 0.15) is 5.75 Å². The van der Waals surface area contributed by atoms with Crippen molar-refractivity contribution in [2.45, 2.75) is 0 Å². The van der Waals surface area contributed by atoms with Gasteiger partial charge in [-0.25, -0.2) is 0 Å². The van der Waals surface area contributed by atoms with Crippen LogP contribution >= 0.6 is 18.7 Å². The molecular weight excluding hydrogens is 195 g/mol. The van der Waals surface area contributed by atoms with Gasteiger partial charge >= 0.3 is 0 Å². The molecule has 1 heterocycles. The minimum atomic E-state index is -1.09. The van der Waals surface area contributed by atoms with Crippen LogP contribution in [0.25, 0.3) is 0 Å². The maximum Gasteiger partial charge on any atom is 0.190 e. The van der Waals surface area contributed by atoms with Gasteiger partial charge in [-0.05, 0) is 23.4 Å². The summed E-state index contributed by atoms with van der Waals surface area (Å²) in [7, 11) is -1.09. The summed E-state index contributed by atoms with van der Waals surface area (Å²) >= 11 is 5.76. The van der Waals surface area contributed by atoms with Crippen LogP contribution in [0.3, 0.4) is 0 Å². The lowest BCUT2D eigenvalue weighted by atomic mass is 10.1. The Morgan fingerprint density at radius 3 is 3.00 bits per heavy atom. The van der Waals surface area contributed by atoms with Crippen LogP contribution < -0.4 is 4.52 Å². The fraction of sp³-hybridized carbons (Fsp3) is 0.125. The number of benzene rings is 1. The van der Waals surface area contributed by atoms with E-state index in [-0.39, 0.29) is 5.78 Å². The molecule has 0 saturated carbocycles. The predicted octanol–water partition coefficient (Wildman–Crippen LogP) is 2.81. The SMILES string of the molecule is O=C1CP(Cl)Oc2ccccc21. The molecule has 1 aromatic carbocycles. The van der Waals surface area contributed by atoms with Crippen molar-refractivity contribution >= 4 is 24.5 Å². The molecule has 0 spiro atoms. The minimum absolute atomic E-state index is 0.0814. The number of rotatable bonds is 0. The van der Waals surface area contributed by atoms with Gasteiger partial charge in [0.05, 0.1) is 11.7 Å². The summed E-state index contributed by atoms with van der Waals surface area (Å²) in [5, 5.41) is 0. The van der Waals surface area contributed by atoms with Crippen LogP contribution in [0.4, 0.5) is 0 Å². The summed E-state index contributed by atoms with van der Waals surface area (Å²) < 4.78 is 5.31. The highest BCUT2D eigenvalue weighted by Gasteiger charge is 2.24. The number of hydrogen-bond acceptors (Lipinski definition) is 2.